The van der Waals surface area contributed by atoms with E-state index in [1.807, 2.05) is 0 Å². The number of carboxylic acids is 1. The summed E-state index contributed by atoms with van der Waals surface area (Å²) in [5.41, 5.74) is -0.583. The fourth-order valence-corrected chi connectivity index (χ4v) is 1.01. The smallest absolute Gasteiger partial charge is 0.308 e. The van der Waals surface area contributed by atoms with Gasteiger partial charge in [-0.2, -0.15) is 0 Å². The molecule has 0 aliphatic carbocycles. The van der Waals surface area contributed by atoms with Crippen LogP contribution in [0.15, 0.2) is 0 Å². The number of unbranched alkanes of at least 4 members (excludes halogenated alkanes) is 3. The zero-order chi connectivity index (χ0) is 14.1. The van der Waals surface area contributed by atoms with Crippen LogP contribution in [-0.4, -0.2) is 43.2 Å². The lowest BCUT2D eigenvalue weighted by molar-refractivity contribution is -0.870. The third-order valence-electron chi connectivity index (χ3n) is 2.32. The maximum atomic E-state index is 10.0. The first-order chi connectivity index (χ1) is 7.50. The van der Waals surface area contributed by atoms with Crippen molar-refractivity contribution in [1.29, 1.82) is 0 Å². The molecule has 0 fully saturated rings. The maximum absolute atomic E-state index is 10.0. The van der Waals surface area contributed by atoms with Gasteiger partial charge in [-0.25, -0.2) is 0 Å². The molecule has 0 saturated carbocycles. The summed E-state index contributed by atoms with van der Waals surface area (Å²) >= 11 is 0. The van der Waals surface area contributed by atoms with E-state index in [9.17, 15) is 4.79 Å². The minimum absolute atomic E-state index is 0.583. The van der Waals surface area contributed by atoms with Crippen molar-refractivity contribution in [2.75, 3.05) is 27.7 Å². The summed E-state index contributed by atoms with van der Waals surface area (Å²) in [5, 5.41) is 8.25. The van der Waals surface area contributed by atoms with Crippen LogP contribution in [0.25, 0.3) is 0 Å². The van der Waals surface area contributed by atoms with Crippen molar-refractivity contribution in [3.8, 4) is 0 Å². The number of nitrogens with zero attached hydrogens (tertiary/aromatic N) is 1. The van der Waals surface area contributed by atoms with Crippen molar-refractivity contribution in [3.05, 3.63) is 0 Å². The Hall–Kier alpha value is -0.570. The van der Waals surface area contributed by atoms with E-state index < -0.39 is 11.4 Å². The second-order valence-electron chi connectivity index (χ2n) is 6.63. The highest BCUT2D eigenvalue weighted by Gasteiger charge is 2.18. The monoisotopic (exact) mass is 246 g/mol. The Balaban J connectivity index is 0. The number of quaternary nitrogens is 1. The number of carboxylic acid groups (broad SMARTS) is 1. The van der Waals surface area contributed by atoms with Gasteiger partial charge in [-0.05, 0) is 33.6 Å². The molecule has 104 valence electrons. The molecule has 0 spiro atoms. The molecule has 0 aromatic heterocycles. The maximum Gasteiger partial charge on any atom is 0.308 e. The largest absolute Gasteiger partial charge is 0.481 e. The van der Waals surface area contributed by atoms with Gasteiger partial charge in [0.15, 0.2) is 0 Å². The van der Waals surface area contributed by atoms with Crippen LogP contribution in [0.4, 0.5) is 0 Å². The Morgan fingerprint density at radius 2 is 1.47 bits per heavy atom. The molecule has 0 bridgehead atoms. The van der Waals surface area contributed by atoms with E-state index >= 15 is 0 Å². The summed E-state index contributed by atoms with van der Waals surface area (Å²) < 4.78 is 1.11. The molecular weight excluding hydrogens is 214 g/mol. The predicted molar refractivity (Wildman–Crippen MR) is 74.1 cm³/mol. The second kappa shape index (κ2) is 8.51. The number of hydrogen-bond acceptors (Lipinski definition) is 1. The molecule has 0 rings (SSSR count). The van der Waals surface area contributed by atoms with E-state index in [2.05, 4.69) is 28.1 Å². The topological polar surface area (TPSA) is 37.3 Å². The predicted octanol–water partition coefficient (Wildman–Crippen LogP) is 3.39. The molecular formula is C14H32NO2+. The second-order valence-corrected chi connectivity index (χ2v) is 6.63. The van der Waals surface area contributed by atoms with Crippen molar-refractivity contribution in [2.24, 2.45) is 5.41 Å². The van der Waals surface area contributed by atoms with E-state index in [0.717, 1.165) is 4.48 Å². The molecule has 0 radical (unpaired) electrons. The molecule has 3 nitrogen and oxygen atoms in total. The van der Waals surface area contributed by atoms with Gasteiger partial charge >= 0.3 is 5.97 Å². The highest BCUT2D eigenvalue weighted by atomic mass is 16.4. The van der Waals surface area contributed by atoms with Crippen LogP contribution in [0, 0.1) is 5.41 Å². The molecule has 0 aromatic rings. The van der Waals surface area contributed by atoms with Crippen LogP contribution in [0.1, 0.15) is 53.4 Å². The molecule has 0 saturated heterocycles. The van der Waals surface area contributed by atoms with Crippen LogP contribution in [0.2, 0.25) is 0 Å². The molecule has 0 aromatic carbocycles. The SMILES string of the molecule is CC(C)(C)C(=O)O.CCCCCC[N+](C)(C)C. The van der Waals surface area contributed by atoms with Crippen molar-refractivity contribution in [1.82, 2.24) is 0 Å². The summed E-state index contributed by atoms with van der Waals surface area (Å²) in [6.45, 7) is 8.56. The minimum Gasteiger partial charge on any atom is -0.481 e. The van der Waals surface area contributed by atoms with Gasteiger partial charge in [0.25, 0.3) is 0 Å². The lowest BCUT2D eigenvalue weighted by Crippen LogP contribution is -2.35. The Bertz CT molecular complexity index is 199. The van der Waals surface area contributed by atoms with E-state index in [4.69, 9.17) is 5.11 Å². The molecule has 17 heavy (non-hydrogen) atoms. The molecule has 0 amide bonds. The van der Waals surface area contributed by atoms with E-state index in [0.29, 0.717) is 0 Å². The van der Waals surface area contributed by atoms with Crippen molar-refractivity contribution in [3.63, 3.8) is 0 Å². The first kappa shape index (κ1) is 18.8. The first-order valence-corrected chi connectivity index (χ1v) is 6.54. The third-order valence-corrected chi connectivity index (χ3v) is 2.32. The van der Waals surface area contributed by atoms with E-state index in [1.54, 1.807) is 20.8 Å². The van der Waals surface area contributed by atoms with Crippen LogP contribution in [0.5, 0.6) is 0 Å². The molecule has 0 aliphatic rings. The van der Waals surface area contributed by atoms with Crippen LogP contribution < -0.4 is 0 Å². The lowest BCUT2D eigenvalue weighted by Gasteiger charge is -2.23. The molecule has 0 unspecified atom stereocenters. The molecule has 0 heterocycles. The van der Waals surface area contributed by atoms with Gasteiger partial charge in [0.2, 0.25) is 0 Å². The normalized spacial score (nSPS) is 11.7. The Morgan fingerprint density at radius 1 is 1.06 bits per heavy atom. The van der Waals surface area contributed by atoms with Gasteiger partial charge in [0, 0.05) is 0 Å². The zero-order valence-electron chi connectivity index (χ0n) is 12.8. The van der Waals surface area contributed by atoms with Gasteiger partial charge in [-0.3, -0.25) is 4.79 Å². The average molecular weight is 246 g/mol. The van der Waals surface area contributed by atoms with Crippen LogP contribution >= 0.6 is 0 Å². The lowest BCUT2D eigenvalue weighted by atomic mass is 9.98. The van der Waals surface area contributed by atoms with Crippen LogP contribution in [0.3, 0.4) is 0 Å². The Kier molecular flexibility index (Phi) is 9.40. The summed E-state index contributed by atoms with van der Waals surface area (Å²) in [6, 6.07) is 0. The fraction of sp³-hybridized carbons (Fsp3) is 0.929. The van der Waals surface area contributed by atoms with Gasteiger partial charge in [-0.15, -0.1) is 0 Å². The molecule has 1 N–H and O–H groups in total. The van der Waals surface area contributed by atoms with Crippen molar-refractivity contribution in [2.45, 2.75) is 53.4 Å². The molecule has 3 heteroatoms. The first-order valence-electron chi connectivity index (χ1n) is 6.54. The highest BCUT2D eigenvalue weighted by molar-refractivity contribution is 5.72. The highest BCUT2D eigenvalue weighted by Crippen LogP contribution is 2.11. The number of rotatable bonds is 5. The third kappa shape index (κ3) is 18.0. The van der Waals surface area contributed by atoms with E-state index in [-0.39, 0.29) is 0 Å². The summed E-state index contributed by atoms with van der Waals surface area (Å²) in [5.74, 6) is -0.757. The summed E-state index contributed by atoms with van der Waals surface area (Å²) in [7, 11) is 6.77. The summed E-state index contributed by atoms with van der Waals surface area (Å²) in [6.07, 6.45) is 5.54. The Labute approximate surface area is 107 Å². The van der Waals surface area contributed by atoms with Gasteiger partial charge in [-0.1, -0.05) is 19.8 Å². The van der Waals surface area contributed by atoms with Gasteiger partial charge < -0.3 is 9.59 Å². The van der Waals surface area contributed by atoms with Crippen LogP contribution in [-0.2, 0) is 4.79 Å². The van der Waals surface area contributed by atoms with E-state index in [1.165, 1.54) is 32.2 Å². The van der Waals surface area contributed by atoms with Gasteiger partial charge in [0.05, 0.1) is 33.1 Å². The number of hydrogen-bond donors (Lipinski definition) is 1. The number of aliphatic carboxylic acids is 1. The number of carbonyl (C=O) groups is 1. The fourth-order valence-electron chi connectivity index (χ4n) is 1.01. The molecule has 0 atom stereocenters. The van der Waals surface area contributed by atoms with Crippen molar-refractivity contribution < 1.29 is 14.4 Å². The molecule has 0 aliphatic heterocycles. The minimum atomic E-state index is -0.757. The quantitative estimate of drug-likeness (QED) is 0.596. The summed E-state index contributed by atoms with van der Waals surface area (Å²) in [4.78, 5) is 10.0. The van der Waals surface area contributed by atoms with Crippen molar-refractivity contribution >= 4 is 5.97 Å². The average Bonchev–Trinajstić information content (AvgIpc) is 2.10. The standard InChI is InChI=1S/C9H22N.C5H10O2/c1-5-6-7-8-9-10(2,3)4;1-5(2,3)4(6)7/h5-9H2,1-4H3;1-3H3,(H,6,7)/q+1;. The van der Waals surface area contributed by atoms with Gasteiger partial charge in [0.1, 0.15) is 0 Å². The Morgan fingerprint density at radius 3 is 1.71 bits per heavy atom. The zero-order valence-corrected chi connectivity index (χ0v) is 12.8.